The lowest BCUT2D eigenvalue weighted by molar-refractivity contribution is 0.0988. The first-order chi connectivity index (χ1) is 11.0. The molecule has 1 aromatic carbocycles. The molecular formula is C15H18N4O3S. The molecule has 0 aliphatic carbocycles. The Hall–Kier alpha value is -2.06. The van der Waals surface area contributed by atoms with Crippen LogP contribution in [0.25, 0.3) is 0 Å². The predicted octanol–water partition coefficient (Wildman–Crippen LogP) is 1.58. The maximum atomic E-state index is 12.8. The molecule has 0 radical (unpaired) electrons. The summed E-state index contributed by atoms with van der Waals surface area (Å²) in [6.07, 6.45) is 2.47. The lowest BCUT2D eigenvalue weighted by Crippen LogP contribution is -2.29. The normalized spacial score (nSPS) is 19.1. The van der Waals surface area contributed by atoms with Crippen molar-refractivity contribution >= 4 is 15.8 Å². The SMILES string of the molecule is CCC(=O)c1cccc(S(=O)(=O)N2CCC(c3ncn[nH]3)C2)c1. The van der Waals surface area contributed by atoms with Gasteiger partial charge in [0.25, 0.3) is 0 Å². The summed E-state index contributed by atoms with van der Waals surface area (Å²) in [7, 11) is -3.61. The summed E-state index contributed by atoms with van der Waals surface area (Å²) in [6, 6.07) is 6.25. The van der Waals surface area contributed by atoms with Crippen molar-refractivity contribution in [2.75, 3.05) is 13.1 Å². The molecule has 7 nitrogen and oxygen atoms in total. The Balaban J connectivity index is 1.84. The number of carbonyl (C=O) groups is 1. The molecule has 1 unspecified atom stereocenters. The molecule has 1 saturated heterocycles. The van der Waals surface area contributed by atoms with Gasteiger partial charge < -0.3 is 0 Å². The Kier molecular flexibility index (Phi) is 4.27. The summed E-state index contributed by atoms with van der Waals surface area (Å²) in [5, 5.41) is 6.61. The fraction of sp³-hybridized carbons (Fsp3) is 0.400. The van der Waals surface area contributed by atoms with Gasteiger partial charge in [0.2, 0.25) is 10.0 Å². The summed E-state index contributed by atoms with van der Waals surface area (Å²) in [6.45, 7) is 2.55. The van der Waals surface area contributed by atoms with Gasteiger partial charge in [0.05, 0.1) is 4.90 Å². The number of nitrogens with one attached hydrogen (secondary N) is 1. The zero-order chi connectivity index (χ0) is 16.4. The molecule has 2 heterocycles. The standard InChI is InChI=1S/C15H18N4O3S/c1-2-14(20)11-4-3-5-13(8-11)23(21,22)19-7-6-12(9-19)15-16-10-17-18-15/h3-5,8,10,12H,2,6-7,9H2,1H3,(H,16,17,18). The van der Waals surface area contributed by atoms with Crippen LogP contribution in [0.5, 0.6) is 0 Å². The number of Topliss-reactive ketones (excluding diaryl/α,β-unsaturated/α-hetero) is 1. The van der Waals surface area contributed by atoms with Crippen LogP contribution in [0.4, 0.5) is 0 Å². The van der Waals surface area contributed by atoms with E-state index < -0.39 is 10.0 Å². The number of hydrogen-bond acceptors (Lipinski definition) is 5. The number of aromatic nitrogens is 3. The zero-order valence-electron chi connectivity index (χ0n) is 12.8. The van der Waals surface area contributed by atoms with Crippen molar-refractivity contribution in [3.05, 3.63) is 42.0 Å². The number of H-pyrrole nitrogens is 1. The first-order valence-corrected chi connectivity index (χ1v) is 8.95. The van der Waals surface area contributed by atoms with Gasteiger partial charge >= 0.3 is 0 Å². The van der Waals surface area contributed by atoms with Crippen LogP contribution in [0.15, 0.2) is 35.5 Å². The van der Waals surface area contributed by atoms with Crippen molar-refractivity contribution in [3.8, 4) is 0 Å². The summed E-state index contributed by atoms with van der Waals surface area (Å²) in [5.74, 6) is 0.661. The zero-order valence-corrected chi connectivity index (χ0v) is 13.6. The van der Waals surface area contributed by atoms with Crippen molar-refractivity contribution < 1.29 is 13.2 Å². The average molecular weight is 334 g/mol. The number of aromatic amines is 1. The summed E-state index contributed by atoms with van der Waals surface area (Å²) in [5.41, 5.74) is 0.430. The van der Waals surface area contributed by atoms with E-state index in [9.17, 15) is 13.2 Å². The third-order valence-electron chi connectivity index (χ3n) is 4.09. The van der Waals surface area contributed by atoms with Crippen LogP contribution >= 0.6 is 0 Å². The van der Waals surface area contributed by atoms with E-state index in [4.69, 9.17) is 0 Å². The molecule has 122 valence electrons. The molecule has 3 rings (SSSR count). The van der Waals surface area contributed by atoms with Crippen LogP contribution in [0.2, 0.25) is 0 Å². The van der Waals surface area contributed by atoms with Crippen LogP contribution in [-0.4, -0.2) is 46.8 Å². The second-order valence-corrected chi connectivity index (χ2v) is 7.46. The van der Waals surface area contributed by atoms with Gasteiger partial charge in [0, 0.05) is 31.0 Å². The summed E-state index contributed by atoms with van der Waals surface area (Å²) < 4.78 is 27.0. The van der Waals surface area contributed by atoms with Crippen molar-refractivity contribution in [2.24, 2.45) is 0 Å². The molecule has 0 amide bonds. The van der Waals surface area contributed by atoms with E-state index in [1.807, 2.05) is 0 Å². The molecule has 2 aromatic rings. The minimum Gasteiger partial charge on any atom is -0.294 e. The van der Waals surface area contributed by atoms with Gasteiger partial charge in [-0.2, -0.15) is 9.40 Å². The highest BCUT2D eigenvalue weighted by atomic mass is 32.2. The van der Waals surface area contributed by atoms with Crippen LogP contribution < -0.4 is 0 Å². The maximum absolute atomic E-state index is 12.8. The number of sulfonamides is 1. The topological polar surface area (TPSA) is 96.0 Å². The molecule has 1 fully saturated rings. The van der Waals surface area contributed by atoms with E-state index in [1.165, 1.54) is 22.8 Å². The molecule has 0 spiro atoms. The molecule has 0 bridgehead atoms. The third-order valence-corrected chi connectivity index (χ3v) is 5.95. The Morgan fingerprint density at radius 1 is 1.43 bits per heavy atom. The largest absolute Gasteiger partial charge is 0.294 e. The third kappa shape index (κ3) is 3.04. The van der Waals surface area contributed by atoms with E-state index in [-0.39, 0.29) is 16.6 Å². The first kappa shape index (κ1) is 15.8. The minimum atomic E-state index is -3.61. The van der Waals surface area contributed by atoms with E-state index >= 15 is 0 Å². The van der Waals surface area contributed by atoms with Crippen molar-refractivity contribution in [3.63, 3.8) is 0 Å². The highest BCUT2D eigenvalue weighted by molar-refractivity contribution is 7.89. The summed E-state index contributed by atoms with van der Waals surface area (Å²) in [4.78, 5) is 16.1. The molecule has 1 N–H and O–H groups in total. The second-order valence-electron chi connectivity index (χ2n) is 5.52. The second kappa shape index (κ2) is 6.21. The van der Waals surface area contributed by atoms with Crippen LogP contribution in [0.3, 0.4) is 0 Å². The Bertz CT molecular complexity index is 802. The van der Waals surface area contributed by atoms with Gasteiger partial charge in [-0.3, -0.25) is 9.89 Å². The molecule has 1 aliphatic rings. The van der Waals surface area contributed by atoms with E-state index in [2.05, 4.69) is 15.2 Å². The molecule has 1 aliphatic heterocycles. The maximum Gasteiger partial charge on any atom is 0.243 e. The highest BCUT2D eigenvalue weighted by Crippen LogP contribution is 2.29. The van der Waals surface area contributed by atoms with Gasteiger partial charge in [-0.1, -0.05) is 19.1 Å². The quantitative estimate of drug-likeness (QED) is 0.837. The minimum absolute atomic E-state index is 0.0210. The monoisotopic (exact) mass is 334 g/mol. The molecule has 8 heteroatoms. The summed E-state index contributed by atoms with van der Waals surface area (Å²) >= 11 is 0. The van der Waals surface area contributed by atoms with Crippen LogP contribution in [-0.2, 0) is 10.0 Å². The van der Waals surface area contributed by atoms with E-state index in [0.29, 0.717) is 37.3 Å². The fourth-order valence-corrected chi connectivity index (χ4v) is 4.31. The molecule has 1 atom stereocenters. The molecule has 0 saturated carbocycles. The van der Waals surface area contributed by atoms with Gasteiger partial charge in [0.1, 0.15) is 12.2 Å². The fourth-order valence-electron chi connectivity index (χ4n) is 2.76. The van der Waals surface area contributed by atoms with Crippen molar-refractivity contribution in [2.45, 2.75) is 30.6 Å². The van der Waals surface area contributed by atoms with Gasteiger partial charge in [-0.05, 0) is 18.6 Å². The Morgan fingerprint density at radius 3 is 2.96 bits per heavy atom. The van der Waals surface area contributed by atoms with Gasteiger partial charge in [-0.25, -0.2) is 13.4 Å². The van der Waals surface area contributed by atoms with Crippen molar-refractivity contribution in [1.82, 2.24) is 19.5 Å². The molecular weight excluding hydrogens is 316 g/mol. The number of nitrogens with zero attached hydrogens (tertiary/aromatic N) is 3. The number of carbonyl (C=O) groups excluding carboxylic acids is 1. The number of rotatable bonds is 5. The average Bonchev–Trinajstić information content (AvgIpc) is 3.25. The number of hydrogen-bond donors (Lipinski definition) is 1. The van der Waals surface area contributed by atoms with E-state index in [1.54, 1.807) is 19.1 Å². The smallest absolute Gasteiger partial charge is 0.243 e. The Labute approximate surface area is 134 Å². The molecule has 1 aromatic heterocycles. The predicted molar refractivity (Wildman–Crippen MR) is 83.6 cm³/mol. The highest BCUT2D eigenvalue weighted by Gasteiger charge is 2.34. The lowest BCUT2D eigenvalue weighted by Gasteiger charge is -2.16. The lowest BCUT2D eigenvalue weighted by atomic mass is 10.1. The van der Waals surface area contributed by atoms with Crippen molar-refractivity contribution in [1.29, 1.82) is 0 Å². The van der Waals surface area contributed by atoms with Crippen LogP contribution in [0.1, 0.15) is 41.9 Å². The number of benzene rings is 1. The Morgan fingerprint density at radius 2 is 2.26 bits per heavy atom. The van der Waals surface area contributed by atoms with E-state index in [0.717, 1.165) is 0 Å². The van der Waals surface area contributed by atoms with Gasteiger partial charge in [0.15, 0.2) is 5.78 Å². The first-order valence-electron chi connectivity index (χ1n) is 7.51. The molecule has 23 heavy (non-hydrogen) atoms. The van der Waals surface area contributed by atoms with Gasteiger partial charge in [-0.15, -0.1) is 0 Å². The van der Waals surface area contributed by atoms with Crippen LogP contribution in [0, 0.1) is 0 Å². The number of ketones is 1.